The number of rotatable bonds is 4. The predicted octanol–water partition coefficient (Wildman–Crippen LogP) is 3.18. The summed E-state index contributed by atoms with van der Waals surface area (Å²) in [7, 11) is 1.60. The highest BCUT2D eigenvalue weighted by Gasteiger charge is 2.27. The van der Waals surface area contributed by atoms with Crippen molar-refractivity contribution in [3.63, 3.8) is 0 Å². The molecule has 1 aromatic heterocycles. The average molecular weight is 388 g/mol. The number of nitrogens with zero attached hydrogens (tertiary/aromatic N) is 4. The van der Waals surface area contributed by atoms with Crippen LogP contribution in [0.2, 0.25) is 0 Å². The van der Waals surface area contributed by atoms with Crippen LogP contribution in [0, 0.1) is 11.3 Å². The van der Waals surface area contributed by atoms with Crippen molar-refractivity contribution >= 4 is 11.8 Å². The Morgan fingerprint density at radius 2 is 1.76 bits per heavy atom. The van der Waals surface area contributed by atoms with Gasteiger partial charge >= 0.3 is 0 Å². The number of carbonyl (C=O) groups excluding carboxylic acids is 1. The number of benzene rings is 2. The molecule has 0 atom stereocenters. The van der Waals surface area contributed by atoms with Crippen molar-refractivity contribution < 1.29 is 13.9 Å². The lowest BCUT2D eigenvalue weighted by molar-refractivity contribution is 0.0745. The molecular formula is C22H20N4O3. The molecule has 0 radical (unpaired) electrons. The molecule has 1 fully saturated rings. The molecule has 1 amide bonds. The fraction of sp³-hybridized carbons (Fsp3) is 0.227. The largest absolute Gasteiger partial charge is 0.497 e. The Labute approximate surface area is 168 Å². The van der Waals surface area contributed by atoms with Crippen molar-refractivity contribution in [1.82, 2.24) is 9.88 Å². The van der Waals surface area contributed by atoms with E-state index in [9.17, 15) is 10.1 Å². The van der Waals surface area contributed by atoms with E-state index in [1.165, 1.54) is 0 Å². The monoisotopic (exact) mass is 388 g/mol. The lowest BCUT2D eigenvalue weighted by Crippen LogP contribution is -2.48. The second-order valence-corrected chi connectivity index (χ2v) is 6.66. The molecule has 3 aromatic rings. The van der Waals surface area contributed by atoms with Crippen molar-refractivity contribution in [2.75, 3.05) is 38.2 Å². The minimum Gasteiger partial charge on any atom is -0.497 e. The van der Waals surface area contributed by atoms with Gasteiger partial charge in [-0.1, -0.05) is 18.2 Å². The van der Waals surface area contributed by atoms with Gasteiger partial charge in [0.25, 0.3) is 5.91 Å². The van der Waals surface area contributed by atoms with Gasteiger partial charge in [0.05, 0.1) is 7.11 Å². The number of anilines is 1. The van der Waals surface area contributed by atoms with Crippen LogP contribution in [0.15, 0.2) is 59.0 Å². The van der Waals surface area contributed by atoms with Gasteiger partial charge in [0.1, 0.15) is 11.8 Å². The maximum Gasteiger partial charge on any atom is 0.253 e. The van der Waals surface area contributed by atoms with Crippen LogP contribution in [0.5, 0.6) is 5.75 Å². The Bertz CT molecular complexity index is 1030. The number of methoxy groups -OCH3 is 1. The Balaban J connectivity index is 1.46. The van der Waals surface area contributed by atoms with Crippen LogP contribution < -0.4 is 9.64 Å². The second kappa shape index (κ2) is 8.07. The van der Waals surface area contributed by atoms with E-state index in [2.05, 4.69) is 11.1 Å². The van der Waals surface area contributed by atoms with Gasteiger partial charge in [-0.2, -0.15) is 10.2 Å². The van der Waals surface area contributed by atoms with E-state index >= 15 is 0 Å². The number of oxazole rings is 1. The lowest BCUT2D eigenvalue weighted by atomic mass is 10.1. The summed E-state index contributed by atoms with van der Waals surface area (Å²) in [6.07, 6.45) is 0. The van der Waals surface area contributed by atoms with Crippen LogP contribution in [-0.2, 0) is 0 Å². The molecule has 0 saturated carbocycles. The molecule has 1 saturated heterocycles. The summed E-state index contributed by atoms with van der Waals surface area (Å²) in [5, 5.41) is 9.47. The van der Waals surface area contributed by atoms with Crippen molar-refractivity contribution in [3.05, 3.63) is 65.9 Å². The molecule has 2 aromatic carbocycles. The summed E-state index contributed by atoms with van der Waals surface area (Å²) >= 11 is 0. The second-order valence-electron chi connectivity index (χ2n) is 6.66. The van der Waals surface area contributed by atoms with Gasteiger partial charge in [0.2, 0.25) is 17.5 Å². The van der Waals surface area contributed by atoms with Crippen LogP contribution in [-0.4, -0.2) is 49.1 Å². The quantitative estimate of drug-likeness (QED) is 0.683. The van der Waals surface area contributed by atoms with E-state index in [-0.39, 0.29) is 11.6 Å². The Morgan fingerprint density at radius 1 is 1.07 bits per heavy atom. The standard InChI is InChI=1S/C22H20N4O3/c1-28-18-9-7-17(8-10-18)21(27)25-11-13-26(14-12-25)22-19(15-23)24-20(29-22)16-5-3-2-4-6-16/h2-10H,11-14H2,1H3. The number of piperazine rings is 1. The van der Waals surface area contributed by atoms with Crippen molar-refractivity contribution in [2.45, 2.75) is 0 Å². The van der Waals surface area contributed by atoms with Crippen molar-refractivity contribution in [1.29, 1.82) is 5.26 Å². The summed E-state index contributed by atoms with van der Waals surface area (Å²) in [5.41, 5.74) is 1.71. The smallest absolute Gasteiger partial charge is 0.253 e. The summed E-state index contributed by atoms with van der Waals surface area (Å²) in [4.78, 5) is 20.8. The minimum atomic E-state index is -0.0182. The third-order valence-electron chi connectivity index (χ3n) is 4.93. The number of carbonyl (C=O) groups is 1. The van der Waals surface area contributed by atoms with E-state index < -0.39 is 0 Å². The Morgan fingerprint density at radius 3 is 2.38 bits per heavy atom. The molecule has 1 aliphatic heterocycles. The van der Waals surface area contributed by atoms with Crippen molar-refractivity contribution in [2.24, 2.45) is 0 Å². The topological polar surface area (TPSA) is 82.6 Å². The number of hydrogen-bond donors (Lipinski definition) is 0. The summed E-state index contributed by atoms with van der Waals surface area (Å²) in [5.74, 6) is 1.59. The predicted molar refractivity (Wildman–Crippen MR) is 108 cm³/mol. The number of hydrogen-bond acceptors (Lipinski definition) is 6. The fourth-order valence-electron chi connectivity index (χ4n) is 3.33. The van der Waals surface area contributed by atoms with Gasteiger partial charge in [-0.05, 0) is 36.4 Å². The molecule has 2 heterocycles. The summed E-state index contributed by atoms with van der Waals surface area (Å²) in [6.45, 7) is 2.22. The number of nitriles is 1. The van der Waals surface area contributed by atoms with Crippen LogP contribution in [0.3, 0.4) is 0 Å². The first-order valence-electron chi connectivity index (χ1n) is 9.34. The molecule has 0 N–H and O–H groups in total. The summed E-state index contributed by atoms with van der Waals surface area (Å²) < 4.78 is 11.1. The lowest BCUT2D eigenvalue weighted by Gasteiger charge is -2.34. The maximum absolute atomic E-state index is 12.7. The molecule has 29 heavy (non-hydrogen) atoms. The number of ether oxygens (including phenoxy) is 1. The van der Waals surface area contributed by atoms with Gasteiger partial charge in [-0.3, -0.25) is 4.79 Å². The summed E-state index contributed by atoms with van der Waals surface area (Å²) in [6, 6.07) is 18.7. The molecule has 0 aliphatic carbocycles. The van der Waals surface area contributed by atoms with Gasteiger partial charge in [0.15, 0.2) is 0 Å². The van der Waals surface area contributed by atoms with Crippen molar-refractivity contribution in [3.8, 4) is 23.3 Å². The van der Waals surface area contributed by atoms with E-state index in [0.29, 0.717) is 43.5 Å². The molecule has 146 valence electrons. The molecule has 4 rings (SSSR count). The van der Waals surface area contributed by atoms with Gasteiger partial charge in [-0.15, -0.1) is 0 Å². The van der Waals surface area contributed by atoms with Gasteiger partial charge < -0.3 is 19.0 Å². The normalized spacial score (nSPS) is 13.8. The molecule has 7 nitrogen and oxygen atoms in total. The van der Waals surface area contributed by atoms with Crippen LogP contribution in [0.4, 0.5) is 5.88 Å². The molecule has 0 unspecified atom stereocenters. The number of amides is 1. The highest BCUT2D eigenvalue weighted by Crippen LogP contribution is 2.29. The van der Waals surface area contributed by atoms with Crippen LogP contribution in [0.1, 0.15) is 16.1 Å². The first kappa shape index (κ1) is 18.6. The zero-order valence-electron chi connectivity index (χ0n) is 16.0. The third-order valence-corrected chi connectivity index (χ3v) is 4.93. The van der Waals surface area contributed by atoms with Gasteiger partial charge in [0, 0.05) is 37.3 Å². The van der Waals surface area contributed by atoms with Gasteiger partial charge in [-0.25, -0.2) is 0 Å². The maximum atomic E-state index is 12.7. The Kier molecular flexibility index (Phi) is 5.16. The first-order valence-corrected chi connectivity index (χ1v) is 9.34. The van der Waals surface area contributed by atoms with E-state index in [0.717, 1.165) is 11.3 Å². The molecule has 0 bridgehead atoms. The Hall–Kier alpha value is -3.79. The molecule has 1 aliphatic rings. The highest BCUT2D eigenvalue weighted by atomic mass is 16.5. The average Bonchev–Trinajstić information content (AvgIpc) is 3.24. The van der Waals surface area contributed by atoms with Crippen LogP contribution >= 0.6 is 0 Å². The zero-order valence-corrected chi connectivity index (χ0v) is 16.0. The minimum absolute atomic E-state index is 0.0182. The van der Waals surface area contributed by atoms with Crippen LogP contribution in [0.25, 0.3) is 11.5 Å². The van der Waals surface area contributed by atoms with E-state index in [1.807, 2.05) is 35.2 Å². The highest BCUT2D eigenvalue weighted by molar-refractivity contribution is 5.94. The first-order chi connectivity index (χ1) is 14.2. The SMILES string of the molecule is COc1ccc(C(=O)N2CCN(c3oc(-c4ccccc4)nc3C#N)CC2)cc1. The van der Waals surface area contributed by atoms with E-state index in [4.69, 9.17) is 9.15 Å². The number of aromatic nitrogens is 1. The molecular weight excluding hydrogens is 368 g/mol. The third kappa shape index (κ3) is 3.78. The molecule has 0 spiro atoms. The molecule has 7 heteroatoms. The fourth-order valence-corrected chi connectivity index (χ4v) is 3.33. The zero-order chi connectivity index (χ0) is 20.2. The van der Waals surface area contributed by atoms with E-state index in [1.54, 1.807) is 36.3 Å².